The first-order valence-corrected chi connectivity index (χ1v) is 7.98. The lowest BCUT2D eigenvalue weighted by molar-refractivity contribution is -0.150. The van der Waals surface area contributed by atoms with Crippen LogP contribution in [-0.2, 0) is 11.2 Å². The Kier molecular flexibility index (Phi) is 6.38. The molecule has 4 nitrogen and oxygen atoms in total. The van der Waals surface area contributed by atoms with Crippen molar-refractivity contribution >= 4 is 11.9 Å². The second kappa shape index (κ2) is 8.51. The van der Waals surface area contributed by atoms with Crippen LogP contribution in [0.4, 0.5) is 13.2 Å². The standard InChI is InChI=1S/C19H18F3NO3/c20-19(21,22)16(14-7-2-1-3-8-14)12-23-17(24)11-10-13-6-4-5-9-15(13)18(25)26/h1-9,16H,10-12H2,(H,23,24)(H,25,26). The number of halogens is 3. The molecule has 0 aliphatic rings. The van der Waals surface area contributed by atoms with Crippen molar-refractivity contribution < 1.29 is 27.9 Å². The molecule has 0 fully saturated rings. The van der Waals surface area contributed by atoms with Gasteiger partial charge in [-0.05, 0) is 23.6 Å². The Morgan fingerprint density at radius 2 is 1.62 bits per heavy atom. The Bertz CT molecular complexity index is 760. The summed E-state index contributed by atoms with van der Waals surface area (Å²) >= 11 is 0. The fraction of sp³-hybridized carbons (Fsp3) is 0.263. The average Bonchev–Trinajstić information content (AvgIpc) is 2.60. The van der Waals surface area contributed by atoms with Gasteiger partial charge in [-0.15, -0.1) is 0 Å². The molecule has 2 N–H and O–H groups in total. The summed E-state index contributed by atoms with van der Waals surface area (Å²) in [4.78, 5) is 23.1. The summed E-state index contributed by atoms with van der Waals surface area (Å²) in [6, 6.07) is 13.6. The van der Waals surface area contributed by atoms with E-state index in [0.717, 1.165) is 0 Å². The molecule has 26 heavy (non-hydrogen) atoms. The molecule has 0 aliphatic heterocycles. The number of carbonyl (C=O) groups is 2. The van der Waals surface area contributed by atoms with Crippen molar-refractivity contribution in [3.63, 3.8) is 0 Å². The largest absolute Gasteiger partial charge is 0.478 e. The first kappa shape index (κ1) is 19.5. The van der Waals surface area contributed by atoms with Crippen molar-refractivity contribution in [2.45, 2.75) is 24.9 Å². The van der Waals surface area contributed by atoms with Gasteiger partial charge in [0.15, 0.2) is 0 Å². The molecule has 0 saturated carbocycles. The summed E-state index contributed by atoms with van der Waals surface area (Å²) in [5, 5.41) is 11.4. The molecule has 1 unspecified atom stereocenters. The van der Waals surface area contributed by atoms with Crippen LogP contribution in [0.2, 0.25) is 0 Å². The molecule has 0 aromatic heterocycles. The molecule has 2 aromatic rings. The number of rotatable bonds is 7. The summed E-state index contributed by atoms with van der Waals surface area (Å²) in [6.07, 6.45) is -4.44. The zero-order chi connectivity index (χ0) is 19.2. The van der Waals surface area contributed by atoms with E-state index in [1.165, 1.54) is 30.3 Å². The van der Waals surface area contributed by atoms with E-state index in [9.17, 15) is 22.8 Å². The quantitative estimate of drug-likeness (QED) is 0.785. The van der Waals surface area contributed by atoms with Crippen LogP contribution in [0.15, 0.2) is 54.6 Å². The number of alkyl halides is 3. The smallest absolute Gasteiger partial charge is 0.397 e. The monoisotopic (exact) mass is 365 g/mol. The Morgan fingerprint density at radius 3 is 2.23 bits per heavy atom. The van der Waals surface area contributed by atoms with Crippen molar-refractivity contribution in [3.05, 3.63) is 71.3 Å². The van der Waals surface area contributed by atoms with Gasteiger partial charge >= 0.3 is 12.1 Å². The molecular weight excluding hydrogens is 347 g/mol. The van der Waals surface area contributed by atoms with E-state index in [2.05, 4.69) is 5.32 Å². The maximum atomic E-state index is 13.2. The zero-order valence-electron chi connectivity index (χ0n) is 13.8. The number of aryl methyl sites for hydroxylation is 1. The summed E-state index contributed by atoms with van der Waals surface area (Å²) in [6.45, 7) is -0.563. The summed E-state index contributed by atoms with van der Waals surface area (Å²) in [5.74, 6) is -3.46. The molecule has 0 aliphatic carbocycles. The number of hydrogen-bond donors (Lipinski definition) is 2. The number of aromatic carboxylic acids is 1. The number of amides is 1. The van der Waals surface area contributed by atoms with Crippen LogP contribution in [-0.4, -0.2) is 29.7 Å². The van der Waals surface area contributed by atoms with Crippen LogP contribution in [0.3, 0.4) is 0 Å². The van der Waals surface area contributed by atoms with Gasteiger partial charge in [-0.3, -0.25) is 4.79 Å². The summed E-state index contributed by atoms with van der Waals surface area (Å²) < 4.78 is 39.7. The first-order valence-electron chi connectivity index (χ1n) is 7.98. The van der Waals surface area contributed by atoms with Crippen LogP contribution in [0.5, 0.6) is 0 Å². The highest BCUT2D eigenvalue weighted by atomic mass is 19.4. The number of carboxylic acids is 1. The van der Waals surface area contributed by atoms with Crippen molar-refractivity contribution in [1.82, 2.24) is 5.32 Å². The molecule has 0 spiro atoms. The molecular formula is C19H18F3NO3. The average molecular weight is 365 g/mol. The van der Waals surface area contributed by atoms with Gasteiger partial charge in [0, 0.05) is 13.0 Å². The van der Waals surface area contributed by atoms with Crippen LogP contribution >= 0.6 is 0 Å². The predicted octanol–water partition coefficient (Wildman–Crippen LogP) is 3.78. The Labute approximate surface area is 148 Å². The van der Waals surface area contributed by atoms with Gasteiger partial charge in [-0.1, -0.05) is 48.5 Å². The van der Waals surface area contributed by atoms with Crippen molar-refractivity contribution in [3.8, 4) is 0 Å². The first-order chi connectivity index (χ1) is 12.3. The van der Waals surface area contributed by atoms with E-state index in [1.54, 1.807) is 24.3 Å². The zero-order valence-corrected chi connectivity index (χ0v) is 13.8. The van der Waals surface area contributed by atoms with Gasteiger partial charge in [-0.25, -0.2) is 4.79 Å². The molecule has 2 aromatic carbocycles. The highest BCUT2D eigenvalue weighted by molar-refractivity contribution is 5.89. The topological polar surface area (TPSA) is 66.4 Å². The highest BCUT2D eigenvalue weighted by Crippen LogP contribution is 2.34. The number of nitrogens with one attached hydrogen (secondary N) is 1. The van der Waals surface area contributed by atoms with Gasteiger partial charge in [-0.2, -0.15) is 13.2 Å². The van der Waals surface area contributed by atoms with E-state index in [4.69, 9.17) is 5.11 Å². The van der Waals surface area contributed by atoms with E-state index in [1.807, 2.05) is 0 Å². The predicted molar refractivity (Wildman–Crippen MR) is 90.0 cm³/mol. The number of carboxylic acid groups (broad SMARTS) is 1. The third kappa shape index (κ3) is 5.34. The molecule has 0 saturated heterocycles. The number of carbonyl (C=O) groups excluding carboxylic acids is 1. The molecule has 1 atom stereocenters. The third-order valence-electron chi connectivity index (χ3n) is 3.97. The molecule has 0 heterocycles. The summed E-state index contributed by atoms with van der Waals surface area (Å²) in [7, 11) is 0. The van der Waals surface area contributed by atoms with E-state index >= 15 is 0 Å². The lowest BCUT2D eigenvalue weighted by Gasteiger charge is -2.21. The van der Waals surface area contributed by atoms with Crippen molar-refractivity contribution in [1.29, 1.82) is 0 Å². The van der Waals surface area contributed by atoms with Gasteiger partial charge in [0.2, 0.25) is 5.91 Å². The Morgan fingerprint density at radius 1 is 1.00 bits per heavy atom. The van der Waals surface area contributed by atoms with Crippen LogP contribution in [0.25, 0.3) is 0 Å². The minimum Gasteiger partial charge on any atom is -0.478 e. The maximum Gasteiger partial charge on any atom is 0.397 e. The second-order valence-electron chi connectivity index (χ2n) is 5.77. The molecule has 0 bridgehead atoms. The van der Waals surface area contributed by atoms with E-state index in [0.29, 0.717) is 5.56 Å². The molecule has 1 amide bonds. The van der Waals surface area contributed by atoms with E-state index < -0.39 is 30.5 Å². The van der Waals surface area contributed by atoms with Gasteiger partial charge in [0.1, 0.15) is 0 Å². The summed E-state index contributed by atoms with van der Waals surface area (Å²) in [5.41, 5.74) is 0.625. The van der Waals surface area contributed by atoms with Gasteiger partial charge < -0.3 is 10.4 Å². The molecule has 7 heteroatoms. The van der Waals surface area contributed by atoms with Gasteiger partial charge in [0.05, 0.1) is 11.5 Å². The van der Waals surface area contributed by atoms with Crippen molar-refractivity contribution in [2.75, 3.05) is 6.54 Å². The molecule has 138 valence electrons. The normalized spacial score (nSPS) is 12.4. The highest BCUT2D eigenvalue weighted by Gasteiger charge is 2.40. The SMILES string of the molecule is O=C(CCc1ccccc1C(=O)O)NCC(c1ccccc1)C(F)(F)F. The van der Waals surface area contributed by atoms with Gasteiger partial charge in [0.25, 0.3) is 0 Å². The fourth-order valence-corrected chi connectivity index (χ4v) is 2.61. The maximum absolute atomic E-state index is 13.2. The van der Waals surface area contributed by atoms with Crippen LogP contribution in [0.1, 0.15) is 33.8 Å². The Hall–Kier alpha value is -2.83. The molecule has 0 radical (unpaired) electrons. The minimum absolute atomic E-state index is 0.0801. The van der Waals surface area contributed by atoms with Crippen LogP contribution < -0.4 is 5.32 Å². The molecule has 2 rings (SSSR count). The number of benzene rings is 2. The fourth-order valence-electron chi connectivity index (χ4n) is 2.61. The van der Waals surface area contributed by atoms with Crippen LogP contribution in [0, 0.1) is 0 Å². The Balaban J connectivity index is 1.96. The lowest BCUT2D eigenvalue weighted by Crippen LogP contribution is -2.35. The minimum atomic E-state index is -4.48. The lowest BCUT2D eigenvalue weighted by atomic mass is 9.98. The second-order valence-corrected chi connectivity index (χ2v) is 5.77. The van der Waals surface area contributed by atoms with E-state index in [-0.39, 0.29) is 24.0 Å². The third-order valence-corrected chi connectivity index (χ3v) is 3.97. The van der Waals surface area contributed by atoms with Crippen molar-refractivity contribution in [2.24, 2.45) is 0 Å². The number of hydrogen-bond acceptors (Lipinski definition) is 2.